The Morgan fingerprint density at radius 3 is 2.68 bits per heavy atom. The van der Waals surface area contributed by atoms with Crippen LogP contribution in [0.15, 0.2) is 24.3 Å². The van der Waals surface area contributed by atoms with Crippen molar-refractivity contribution in [2.45, 2.75) is 51.2 Å². The highest BCUT2D eigenvalue weighted by molar-refractivity contribution is 5.33. The quantitative estimate of drug-likeness (QED) is 0.855. The Bertz CT molecular complexity index is 423. The van der Waals surface area contributed by atoms with Crippen molar-refractivity contribution in [3.63, 3.8) is 0 Å². The number of nitrogens with one attached hydrogen (secondary N) is 1. The molecule has 0 saturated heterocycles. The van der Waals surface area contributed by atoms with Gasteiger partial charge in [0.05, 0.1) is 12.1 Å². The monoisotopic (exact) mass is 259 g/mol. The van der Waals surface area contributed by atoms with Crippen molar-refractivity contribution in [2.24, 2.45) is 11.8 Å². The predicted molar refractivity (Wildman–Crippen MR) is 78.0 cm³/mol. The molecule has 2 nitrogen and oxygen atoms in total. The summed E-state index contributed by atoms with van der Waals surface area (Å²) in [5.41, 5.74) is 2.73. The molecule has 2 atom stereocenters. The fourth-order valence-electron chi connectivity index (χ4n) is 3.74. The van der Waals surface area contributed by atoms with Crippen LogP contribution in [0.2, 0.25) is 0 Å². The van der Waals surface area contributed by atoms with Gasteiger partial charge in [0.15, 0.2) is 0 Å². The van der Waals surface area contributed by atoms with Crippen LogP contribution in [-0.2, 0) is 6.42 Å². The van der Waals surface area contributed by atoms with Crippen LogP contribution in [0.5, 0.6) is 0 Å². The molecule has 19 heavy (non-hydrogen) atoms. The fraction of sp³-hybridized carbons (Fsp3) is 0.647. The predicted octanol–water partition coefficient (Wildman–Crippen LogP) is 3.06. The summed E-state index contributed by atoms with van der Waals surface area (Å²) in [5.74, 6) is 1.31. The average Bonchev–Trinajstić information content (AvgIpc) is 2.47. The maximum atomic E-state index is 10.8. The third-order valence-corrected chi connectivity index (χ3v) is 5.03. The Morgan fingerprint density at radius 2 is 1.89 bits per heavy atom. The minimum atomic E-state index is -0.228. The largest absolute Gasteiger partial charge is 0.391 e. The van der Waals surface area contributed by atoms with Crippen LogP contribution >= 0.6 is 0 Å². The molecule has 1 aromatic carbocycles. The summed E-state index contributed by atoms with van der Waals surface area (Å²) in [6, 6.07) is 8.73. The van der Waals surface area contributed by atoms with Gasteiger partial charge in [0.25, 0.3) is 0 Å². The lowest BCUT2D eigenvalue weighted by Crippen LogP contribution is -2.41. The smallest absolute Gasteiger partial charge is 0.0763 e. The van der Waals surface area contributed by atoms with Crippen LogP contribution in [0.3, 0.4) is 0 Å². The minimum absolute atomic E-state index is 0.142. The molecule has 2 N–H and O–H groups in total. The molecule has 1 fully saturated rings. The minimum Gasteiger partial charge on any atom is -0.391 e. The van der Waals surface area contributed by atoms with E-state index in [9.17, 15) is 5.11 Å². The number of benzene rings is 1. The van der Waals surface area contributed by atoms with E-state index in [2.05, 4.69) is 36.5 Å². The van der Waals surface area contributed by atoms with E-state index < -0.39 is 0 Å². The van der Waals surface area contributed by atoms with Crippen molar-refractivity contribution in [1.82, 2.24) is 5.32 Å². The lowest BCUT2D eigenvalue weighted by molar-refractivity contribution is 0.0410. The molecule has 1 aliphatic heterocycles. The van der Waals surface area contributed by atoms with Gasteiger partial charge in [-0.1, -0.05) is 44.0 Å². The highest BCUT2D eigenvalue weighted by Gasteiger charge is 2.33. The molecular weight excluding hydrogens is 234 g/mol. The first kappa shape index (κ1) is 13.1. The molecule has 1 heterocycles. The van der Waals surface area contributed by atoms with Crippen molar-refractivity contribution in [1.29, 1.82) is 0 Å². The van der Waals surface area contributed by atoms with E-state index in [0.717, 1.165) is 18.9 Å². The van der Waals surface area contributed by atoms with Gasteiger partial charge in [-0.2, -0.15) is 0 Å². The molecule has 1 aromatic rings. The first-order chi connectivity index (χ1) is 9.25. The van der Waals surface area contributed by atoms with Crippen LogP contribution < -0.4 is 5.32 Å². The zero-order valence-electron chi connectivity index (χ0n) is 11.8. The van der Waals surface area contributed by atoms with Crippen LogP contribution in [0.1, 0.15) is 49.8 Å². The normalized spacial score (nSPS) is 32.6. The molecule has 2 aliphatic rings. The Kier molecular flexibility index (Phi) is 3.90. The number of hydrogen-bond donors (Lipinski definition) is 2. The number of aliphatic hydroxyl groups excluding tert-OH is 1. The van der Waals surface area contributed by atoms with Crippen molar-refractivity contribution in [2.75, 3.05) is 6.54 Å². The molecule has 0 bridgehead atoms. The molecule has 1 aliphatic carbocycles. The second kappa shape index (κ2) is 5.64. The average molecular weight is 259 g/mol. The Balaban J connectivity index is 1.75. The van der Waals surface area contributed by atoms with Gasteiger partial charge in [-0.05, 0) is 48.8 Å². The summed E-state index contributed by atoms with van der Waals surface area (Å²) in [4.78, 5) is 0. The fourth-order valence-corrected chi connectivity index (χ4v) is 3.74. The summed E-state index contributed by atoms with van der Waals surface area (Å²) < 4.78 is 0. The van der Waals surface area contributed by atoms with E-state index in [1.54, 1.807) is 0 Å². The van der Waals surface area contributed by atoms with E-state index in [4.69, 9.17) is 0 Å². The summed E-state index contributed by atoms with van der Waals surface area (Å²) in [5, 5.41) is 14.3. The number of fused-ring (bicyclic) bond motifs is 1. The van der Waals surface area contributed by atoms with Crippen molar-refractivity contribution >= 4 is 0 Å². The molecule has 3 rings (SSSR count). The first-order valence-corrected chi connectivity index (χ1v) is 7.75. The SMILES string of the molecule is CC1CCC(C(O)C2NCCc3ccccc32)CC1. The van der Waals surface area contributed by atoms with Crippen LogP contribution in [0, 0.1) is 11.8 Å². The standard InChI is InChI=1S/C17H25NO/c1-12-6-8-14(9-7-12)17(19)16-15-5-3-2-4-13(15)10-11-18-16/h2-5,12,14,16-19H,6-11H2,1H3. The Labute approximate surface area is 116 Å². The Hall–Kier alpha value is -0.860. The van der Waals surface area contributed by atoms with Gasteiger partial charge >= 0.3 is 0 Å². The molecular formula is C17H25NO. The number of hydrogen-bond acceptors (Lipinski definition) is 2. The van der Waals surface area contributed by atoms with Gasteiger partial charge in [0, 0.05) is 0 Å². The molecule has 0 aromatic heterocycles. The maximum absolute atomic E-state index is 10.8. The van der Waals surface area contributed by atoms with Gasteiger partial charge < -0.3 is 10.4 Å². The van der Waals surface area contributed by atoms with Gasteiger partial charge in [-0.15, -0.1) is 0 Å². The lowest BCUT2D eigenvalue weighted by Gasteiger charge is -2.37. The third kappa shape index (κ3) is 2.70. The summed E-state index contributed by atoms with van der Waals surface area (Å²) >= 11 is 0. The number of rotatable bonds is 2. The molecule has 0 radical (unpaired) electrons. The number of aliphatic hydroxyl groups is 1. The Morgan fingerprint density at radius 1 is 1.16 bits per heavy atom. The van der Waals surface area contributed by atoms with Gasteiger partial charge in [0.1, 0.15) is 0 Å². The molecule has 0 spiro atoms. The molecule has 2 heteroatoms. The summed E-state index contributed by atoms with van der Waals surface area (Å²) in [6.07, 6.45) is 5.77. The highest BCUT2D eigenvalue weighted by atomic mass is 16.3. The van der Waals surface area contributed by atoms with Crippen molar-refractivity contribution in [3.05, 3.63) is 35.4 Å². The van der Waals surface area contributed by atoms with E-state index >= 15 is 0 Å². The zero-order chi connectivity index (χ0) is 13.2. The molecule has 1 saturated carbocycles. The van der Waals surface area contributed by atoms with Crippen molar-refractivity contribution in [3.8, 4) is 0 Å². The van der Waals surface area contributed by atoms with Crippen LogP contribution in [-0.4, -0.2) is 17.8 Å². The van der Waals surface area contributed by atoms with Gasteiger partial charge in [-0.3, -0.25) is 0 Å². The third-order valence-electron chi connectivity index (χ3n) is 5.03. The molecule has 2 unspecified atom stereocenters. The lowest BCUT2D eigenvalue weighted by atomic mass is 9.76. The summed E-state index contributed by atoms with van der Waals surface area (Å²) in [7, 11) is 0. The summed E-state index contributed by atoms with van der Waals surface area (Å²) in [6.45, 7) is 3.32. The van der Waals surface area contributed by atoms with E-state index in [1.807, 2.05) is 0 Å². The van der Waals surface area contributed by atoms with Gasteiger partial charge in [-0.25, -0.2) is 0 Å². The van der Waals surface area contributed by atoms with Crippen molar-refractivity contribution < 1.29 is 5.11 Å². The van der Waals surface area contributed by atoms with E-state index in [-0.39, 0.29) is 12.1 Å². The zero-order valence-corrected chi connectivity index (χ0v) is 11.8. The second-order valence-electron chi connectivity index (χ2n) is 6.39. The van der Waals surface area contributed by atoms with Gasteiger partial charge in [0.2, 0.25) is 0 Å². The maximum Gasteiger partial charge on any atom is 0.0763 e. The van der Waals surface area contributed by atoms with E-state index in [0.29, 0.717) is 5.92 Å². The molecule has 104 valence electrons. The molecule has 0 amide bonds. The second-order valence-corrected chi connectivity index (χ2v) is 6.39. The van der Waals surface area contributed by atoms with Crippen LogP contribution in [0.4, 0.5) is 0 Å². The van der Waals surface area contributed by atoms with Crippen LogP contribution in [0.25, 0.3) is 0 Å². The first-order valence-electron chi connectivity index (χ1n) is 7.75. The van der Waals surface area contributed by atoms with E-state index in [1.165, 1.54) is 36.8 Å². The topological polar surface area (TPSA) is 32.3 Å². The highest BCUT2D eigenvalue weighted by Crippen LogP contribution is 2.36.